The van der Waals surface area contributed by atoms with E-state index in [9.17, 15) is 23.9 Å². The average molecular weight is 540 g/mol. The number of thiophene rings is 1. The molecule has 0 radical (unpaired) electrons. The Morgan fingerprint density at radius 2 is 1.78 bits per heavy atom. The molecule has 0 saturated carbocycles. The van der Waals surface area contributed by atoms with Crippen LogP contribution in [0.2, 0.25) is 0 Å². The number of nitrogens with two attached hydrogens (primary N) is 2. The van der Waals surface area contributed by atoms with Gasteiger partial charge in [-0.2, -0.15) is 4.37 Å². The zero-order valence-corrected chi connectivity index (χ0v) is 20.9. The summed E-state index contributed by atoms with van der Waals surface area (Å²) in [6.07, 6.45) is 0. The van der Waals surface area contributed by atoms with E-state index in [1.807, 2.05) is 17.5 Å². The summed E-state index contributed by atoms with van der Waals surface area (Å²) in [5.41, 5.74) is 12.1. The number of phenols is 1. The number of nitrogen functional groups attached to an aromatic ring is 1. The zero-order valence-electron chi connectivity index (χ0n) is 19.3. The summed E-state index contributed by atoms with van der Waals surface area (Å²) in [4.78, 5) is 41.2. The number of nitrogens with zero attached hydrogens (tertiary/aromatic N) is 2. The van der Waals surface area contributed by atoms with Gasteiger partial charge in [-0.05, 0) is 58.4 Å². The van der Waals surface area contributed by atoms with Crippen LogP contribution < -0.4 is 16.8 Å². The second kappa shape index (κ2) is 11.2. The van der Waals surface area contributed by atoms with Crippen LogP contribution >= 0.6 is 22.9 Å². The van der Waals surface area contributed by atoms with E-state index >= 15 is 0 Å². The maximum Gasteiger partial charge on any atom is 0.270 e. The highest BCUT2D eigenvalue weighted by atomic mass is 32.1. The number of carbonyl (C=O) groups is 3. The van der Waals surface area contributed by atoms with E-state index in [1.165, 1.54) is 52.6 Å². The molecule has 37 heavy (non-hydrogen) atoms. The SMILES string of the molecule is NC(=O)c1nsc(C(=O)N(Cc2cccs2)[C@H](C(=O)NCc2ccc(F)cc2)c2ccc(O)cc2)c1N. The van der Waals surface area contributed by atoms with Crippen LogP contribution in [-0.4, -0.2) is 32.1 Å². The average Bonchev–Trinajstić information content (AvgIpc) is 3.53. The number of amides is 3. The molecule has 4 rings (SSSR count). The lowest BCUT2D eigenvalue weighted by Crippen LogP contribution is -2.43. The first-order valence-electron chi connectivity index (χ1n) is 10.9. The summed E-state index contributed by atoms with van der Waals surface area (Å²) in [5, 5.41) is 14.4. The first kappa shape index (κ1) is 25.8. The summed E-state index contributed by atoms with van der Waals surface area (Å²) < 4.78 is 17.2. The number of hydrogen-bond acceptors (Lipinski definition) is 8. The summed E-state index contributed by atoms with van der Waals surface area (Å²) in [5.74, 6) is -2.42. The molecule has 3 amide bonds. The molecule has 9 nitrogen and oxygen atoms in total. The molecule has 0 fully saturated rings. The maximum absolute atomic E-state index is 13.8. The Labute approximate surface area is 219 Å². The highest BCUT2D eigenvalue weighted by Crippen LogP contribution is 2.31. The number of hydrogen-bond donors (Lipinski definition) is 4. The van der Waals surface area contributed by atoms with Crippen LogP contribution in [-0.2, 0) is 17.9 Å². The number of halogens is 1. The predicted octanol–water partition coefficient (Wildman–Crippen LogP) is 3.43. The van der Waals surface area contributed by atoms with Gasteiger partial charge in [0.15, 0.2) is 5.69 Å². The van der Waals surface area contributed by atoms with Crippen molar-refractivity contribution in [3.63, 3.8) is 0 Å². The van der Waals surface area contributed by atoms with E-state index in [2.05, 4.69) is 9.69 Å². The van der Waals surface area contributed by atoms with E-state index in [4.69, 9.17) is 11.5 Å². The molecule has 0 aliphatic rings. The molecule has 4 aromatic rings. The number of phenolic OH excluding ortho intramolecular Hbond substituents is 1. The lowest BCUT2D eigenvalue weighted by molar-refractivity contribution is -0.126. The summed E-state index contributed by atoms with van der Waals surface area (Å²) in [6, 6.07) is 14.1. The molecule has 2 aromatic heterocycles. The van der Waals surface area contributed by atoms with Gasteiger partial charge >= 0.3 is 0 Å². The Bertz CT molecular complexity index is 1410. The van der Waals surface area contributed by atoms with Gasteiger partial charge in [-0.15, -0.1) is 11.3 Å². The number of carbonyl (C=O) groups excluding carboxylic acids is 3. The van der Waals surface area contributed by atoms with Crippen LogP contribution in [0.5, 0.6) is 5.75 Å². The monoisotopic (exact) mass is 539 g/mol. The molecule has 6 N–H and O–H groups in total. The minimum absolute atomic E-state index is 0.0110. The molecular weight excluding hydrogens is 517 g/mol. The lowest BCUT2D eigenvalue weighted by Gasteiger charge is -2.31. The van der Waals surface area contributed by atoms with E-state index < -0.39 is 29.6 Å². The zero-order chi connectivity index (χ0) is 26.5. The van der Waals surface area contributed by atoms with Gasteiger partial charge in [-0.25, -0.2) is 4.39 Å². The minimum atomic E-state index is -1.14. The van der Waals surface area contributed by atoms with Crippen molar-refractivity contribution >= 4 is 46.3 Å². The van der Waals surface area contributed by atoms with Gasteiger partial charge in [0.05, 0.1) is 12.2 Å². The van der Waals surface area contributed by atoms with E-state index in [1.54, 1.807) is 12.1 Å². The predicted molar refractivity (Wildman–Crippen MR) is 138 cm³/mol. The lowest BCUT2D eigenvalue weighted by atomic mass is 10.0. The topological polar surface area (TPSA) is 152 Å². The van der Waals surface area contributed by atoms with Gasteiger partial charge in [0.2, 0.25) is 5.91 Å². The molecule has 0 aliphatic heterocycles. The largest absolute Gasteiger partial charge is 0.508 e. The van der Waals surface area contributed by atoms with Gasteiger partial charge in [0.25, 0.3) is 11.8 Å². The smallest absolute Gasteiger partial charge is 0.270 e. The second-order valence-corrected chi connectivity index (χ2v) is 9.79. The van der Waals surface area contributed by atoms with Crippen molar-refractivity contribution in [2.24, 2.45) is 5.73 Å². The number of nitrogens with one attached hydrogen (secondary N) is 1. The maximum atomic E-state index is 13.8. The fourth-order valence-corrected chi connectivity index (χ4v) is 5.09. The van der Waals surface area contributed by atoms with Gasteiger partial charge in [-0.3, -0.25) is 14.4 Å². The van der Waals surface area contributed by atoms with E-state index in [0.29, 0.717) is 11.1 Å². The third kappa shape index (κ3) is 5.93. The fraction of sp³-hybridized carbons (Fsp3) is 0.120. The third-order valence-electron chi connectivity index (χ3n) is 5.47. The van der Waals surface area contributed by atoms with Crippen LogP contribution in [0.25, 0.3) is 0 Å². The molecule has 0 spiro atoms. The molecule has 2 heterocycles. The Kier molecular flexibility index (Phi) is 7.80. The molecule has 0 unspecified atom stereocenters. The first-order chi connectivity index (χ1) is 17.7. The molecule has 0 bridgehead atoms. The number of benzene rings is 2. The Morgan fingerprint density at radius 1 is 1.08 bits per heavy atom. The van der Waals surface area contributed by atoms with Crippen molar-refractivity contribution in [1.29, 1.82) is 0 Å². The minimum Gasteiger partial charge on any atom is -0.508 e. The highest BCUT2D eigenvalue weighted by Gasteiger charge is 2.35. The normalized spacial score (nSPS) is 11.6. The Morgan fingerprint density at radius 3 is 2.38 bits per heavy atom. The second-order valence-electron chi connectivity index (χ2n) is 7.99. The molecule has 0 aliphatic carbocycles. The van der Waals surface area contributed by atoms with Gasteiger partial charge in [-0.1, -0.05) is 30.3 Å². The first-order valence-corrected chi connectivity index (χ1v) is 12.6. The van der Waals surface area contributed by atoms with Crippen molar-refractivity contribution in [3.05, 3.63) is 98.4 Å². The highest BCUT2D eigenvalue weighted by molar-refractivity contribution is 7.10. The molecule has 12 heteroatoms. The van der Waals surface area contributed by atoms with Crippen molar-refractivity contribution in [3.8, 4) is 5.75 Å². The van der Waals surface area contributed by atoms with Gasteiger partial charge < -0.3 is 26.8 Å². The summed E-state index contributed by atoms with van der Waals surface area (Å²) in [7, 11) is 0. The van der Waals surface area contributed by atoms with Crippen LogP contribution in [0.3, 0.4) is 0 Å². The number of primary amides is 1. The van der Waals surface area contributed by atoms with Crippen molar-refractivity contribution in [2.45, 2.75) is 19.1 Å². The molecular formula is C25H22FN5O4S2. The third-order valence-corrected chi connectivity index (χ3v) is 7.18. The van der Waals surface area contributed by atoms with Crippen LogP contribution in [0.4, 0.5) is 10.1 Å². The number of aromatic nitrogens is 1. The van der Waals surface area contributed by atoms with Crippen LogP contribution in [0, 0.1) is 5.82 Å². The molecule has 190 valence electrons. The molecule has 2 aromatic carbocycles. The number of rotatable bonds is 9. The van der Waals surface area contributed by atoms with Crippen LogP contribution in [0.15, 0.2) is 66.0 Å². The van der Waals surface area contributed by atoms with E-state index in [0.717, 1.165) is 16.4 Å². The fourth-order valence-electron chi connectivity index (χ4n) is 3.63. The summed E-state index contributed by atoms with van der Waals surface area (Å²) >= 11 is 2.12. The van der Waals surface area contributed by atoms with Crippen molar-refractivity contribution in [2.75, 3.05) is 5.73 Å². The van der Waals surface area contributed by atoms with Gasteiger partial charge in [0.1, 0.15) is 22.5 Å². The Balaban J connectivity index is 1.74. The van der Waals surface area contributed by atoms with Crippen molar-refractivity contribution in [1.82, 2.24) is 14.6 Å². The molecule has 0 saturated heterocycles. The Hall–Kier alpha value is -4.29. The quantitative estimate of drug-likeness (QED) is 0.256. The number of anilines is 1. The van der Waals surface area contributed by atoms with Crippen LogP contribution in [0.1, 0.15) is 42.2 Å². The van der Waals surface area contributed by atoms with Crippen molar-refractivity contribution < 1.29 is 23.9 Å². The number of aromatic hydroxyl groups is 1. The standard InChI is InChI=1S/C25H22FN5O4S2/c26-16-7-3-14(4-8-16)12-29-24(34)21(15-5-9-17(32)10-6-15)31(13-18-2-1-11-36-18)25(35)22-19(27)20(23(28)33)30-37-22/h1-11,21,32H,12-13,27H2,(H2,28,33)(H,29,34)/t21-/m0/s1. The van der Waals surface area contributed by atoms with Gasteiger partial charge in [0, 0.05) is 11.4 Å². The van der Waals surface area contributed by atoms with E-state index in [-0.39, 0.29) is 35.1 Å². The molecule has 1 atom stereocenters. The summed E-state index contributed by atoms with van der Waals surface area (Å²) in [6.45, 7) is 0.137.